The second kappa shape index (κ2) is 5.63. The Kier molecular flexibility index (Phi) is 4.09. The molecule has 2 aromatic rings. The van der Waals surface area contributed by atoms with Crippen LogP contribution in [0.2, 0.25) is 0 Å². The summed E-state index contributed by atoms with van der Waals surface area (Å²) >= 11 is 0. The Bertz CT molecular complexity index is 576. The van der Waals surface area contributed by atoms with Crippen LogP contribution in [0.5, 0.6) is 5.75 Å². The lowest BCUT2D eigenvalue weighted by Gasteiger charge is -2.26. The zero-order valence-electron chi connectivity index (χ0n) is 12.1. The number of hydrogen-bond acceptors (Lipinski definition) is 2. The maximum absolute atomic E-state index is 13.9. The molecule has 20 heavy (non-hydrogen) atoms. The zero-order valence-corrected chi connectivity index (χ0v) is 12.1. The van der Waals surface area contributed by atoms with Gasteiger partial charge in [-0.05, 0) is 44.5 Å². The summed E-state index contributed by atoms with van der Waals surface area (Å²) in [5, 5.41) is 0. The van der Waals surface area contributed by atoms with Crippen LogP contribution >= 0.6 is 0 Å². The Morgan fingerprint density at radius 3 is 2.20 bits per heavy atom. The number of hydrogen-bond donors (Lipinski definition) is 1. The Morgan fingerprint density at radius 1 is 1.05 bits per heavy atom. The predicted octanol–water partition coefficient (Wildman–Crippen LogP) is 3.84. The van der Waals surface area contributed by atoms with Crippen molar-refractivity contribution < 1.29 is 9.13 Å². The number of halogens is 1. The quantitative estimate of drug-likeness (QED) is 0.918. The lowest BCUT2D eigenvalue weighted by molar-refractivity contribution is 0.242. The van der Waals surface area contributed by atoms with Crippen molar-refractivity contribution in [1.82, 2.24) is 0 Å². The number of nitrogens with two attached hydrogens (primary N) is 1. The lowest BCUT2D eigenvalue weighted by atomic mass is 9.85. The van der Waals surface area contributed by atoms with Crippen LogP contribution in [-0.2, 0) is 5.54 Å². The third-order valence-electron chi connectivity index (χ3n) is 3.26. The van der Waals surface area contributed by atoms with E-state index in [4.69, 9.17) is 10.5 Å². The van der Waals surface area contributed by atoms with Crippen LogP contribution in [0, 0.1) is 5.82 Å². The van der Waals surface area contributed by atoms with Gasteiger partial charge in [0.2, 0.25) is 0 Å². The van der Waals surface area contributed by atoms with Gasteiger partial charge in [-0.2, -0.15) is 0 Å². The van der Waals surface area contributed by atoms with E-state index in [0.717, 1.165) is 11.3 Å². The smallest absolute Gasteiger partial charge is 0.128 e. The van der Waals surface area contributed by atoms with Gasteiger partial charge in [0.1, 0.15) is 11.6 Å². The Morgan fingerprint density at radius 2 is 1.65 bits per heavy atom. The van der Waals surface area contributed by atoms with Crippen molar-refractivity contribution in [2.75, 3.05) is 0 Å². The summed E-state index contributed by atoms with van der Waals surface area (Å²) in [6.07, 6.45) is 0.122. The molecule has 2 nitrogen and oxygen atoms in total. The van der Waals surface area contributed by atoms with Crippen LogP contribution < -0.4 is 10.5 Å². The summed E-state index contributed by atoms with van der Waals surface area (Å²) in [6, 6.07) is 14.1. The van der Waals surface area contributed by atoms with Crippen LogP contribution in [0.4, 0.5) is 4.39 Å². The molecule has 0 aromatic heterocycles. The predicted molar refractivity (Wildman–Crippen MR) is 79.2 cm³/mol. The molecule has 0 saturated heterocycles. The van der Waals surface area contributed by atoms with Crippen LogP contribution in [0.15, 0.2) is 48.5 Å². The van der Waals surface area contributed by atoms with E-state index in [1.165, 1.54) is 6.07 Å². The number of benzene rings is 2. The Balaban J connectivity index is 2.32. The first-order chi connectivity index (χ1) is 9.41. The Labute approximate surface area is 119 Å². The molecule has 2 N–H and O–H groups in total. The molecule has 0 spiro atoms. The largest absolute Gasteiger partial charge is 0.491 e. The van der Waals surface area contributed by atoms with E-state index in [9.17, 15) is 4.39 Å². The van der Waals surface area contributed by atoms with Crippen LogP contribution in [0.3, 0.4) is 0 Å². The molecule has 3 heteroatoms. The van der Waals surface area contributed by atoms with Gasteiger partial charge in [0.05, 0.1) is 11.6 Å². The first-order valence-corrected chi connectivity index (χ1v) is 6.72. The molecule has 0 saturated carbocycles. The van der Waals surface area contributed by atoms with Gasteiger partial charge in [0, 0.05) is 5.56 Å². The lowest BCUT2D eigenvalue weighted by Crippen LogP contribution is -2.35. The van der Waals surface area contributed by atoms with Crippen molar-refractivity contribution in [3.63, 3.8) is 0 Å². The molecule has 1 unspecified atom stereocenters. The second-order valence-electron chi connectivity index (χ2n) is 5.37. The number of ether oxygens (including phenoxy) is 1. The van der Waals surface area contributed by atoms with Crippen molar-refractivity contribution in [2.24, 2.45) is 5.73 Å². The molecule has 2 rings (SSSR count). The van der Waals surface area contributed by atoms with Crippen molar-refractivity contribution in [3.8, 4) is 5.75 Å². The van der Waals surface area contributed by atoms with Gasteiger partial charge in [-0.1, -0.05) is 30.3 Å². The van der Waals surface area contributed by atoms with Crippen LogP contribution in [-0.4, -0.2) is 6.10 Å². The van der Waals surface area contributed by atoms with Crippen molar-refractivity contribution >= 4 is 0 Å². The van der Waals surface area contributed by atoms with E-state index in [-0.39, 0.29) is 11.9 Å². The summed E-state index contributed by atoms with van der Waals surface area (Å²) < 4.78 is 19.5. The minimum Gasteiger partial charge on any atom is -0.491 e. The van der Waals surface area contributed by atoms with Gasteiger partial charge in [-0.25, -0.2) is 4.39 Å². The monoisotopic (exact) mass is 273 g/mol. The van der Waals surface area contributed by atoms with Gasteiger partial charge in [-0.15, -0.1) is 0 Å². The molecule has 1 atom stereocenters. The SMILES string of the molecule is CC(C)Oc1ccc(C(C)(N)c2ccccc2F)cc1. The molecule has 0 aliphatic rings. The van der Waals surface area contributed by atoms with Crippen LogP contribution in [0.1, 0.15) is 31.9 Å². The average molecular weight is 273 g/mol. The zero-order chi connectivity index (χ0) is 14.8. The van der Waals surface area contributed by atoms with E-state index in [1.807, 2.05) is 45.0 Å². The molecule has 106 valence electrons. The fraction of sp³-hybridized carbons (Fsp3) is 0.294. The average Bonchev–Trinajstić information content (AvgIpc) is 2.39. The first-order valence-electron chi connectivity index (χ1n) is 6.72. The van der Waals surface area contributed by atoms with Crippen molar-refractivity contribution in [1.29, 1.82) is 0 Å². The van der Waals surface area contributed by atoms with Crippen molar-refractivity contribution in [2.45, 2.75) is 32.4 Å². The van der Waals surface area contributed by atoms with E-state index in [1.54, 1.807) is 18.2 Å². The second-order valence-corrected chi connectivity index (χ2v) is 5.37. The summed E-state index contributed by atoms with van der Waals surface area (Å²) in [6.45, 7) is 5.75. The van der Waals surface area contributed by atoms with E-state index in [2.05, 4.69) is 0 Å². The highest BCUT2D eigenvalue weighted by Gasteiger charge is 2.26. The molecule has 0 amide bonds. The van der Waals surface area contributed by atoms with Gasteiger partial charge in [0.25, 0.3) is 0 Å². The van der Waals surface area contributed by atoms with E-state index >= 15 is 0 Å². The van der Waals surface area contributed by atoms with Crippen molar-refractivity contribution in [3.05, 3.63) is 65.5 Å². The maximum atomic E-state index is 13.9. The normalized spacial score (nSPS) is 14.1. The van der Waals surface area contributed by atoms with Gasteiger partial charge >= 0.3 is 0 Å². The highest BCUT2D eigenvalue weighted by Crippen LogP contribution is 2.29. The van der Waals surface area contributed by atoms with E-state index in [0.29, 0.717) is 5.56 Å². The summed E-state index contributed by atoms with van der Waals surface area (Å²) in [7, 11) is 0. The summed E-state index contributed by atoms with van der Waals surface area (Å²) in [5.74, 6) is 0.494. The third-order valence-corrected chi connectivity index (χ3v) is 3.26. The number of rotatable bonds is 4. The van der Waals surface area contributed by atoms with Gasteiger partial charge in [0.15, 0.2) is 0 Å². The van der Waals surface area contributed by atoms with E-state index < -0.39 is 5.54 Å². The minimum atomic E-state index is -0.873. The van der Waals surface area contributed by atoms with Gasteiger partial charge in [-0.3, -0.25) is 0 Å². The molecule has 0 radical (unpaired) electrons. The molecule has 0 heterocycles. The molecule has 0 aliphatic heterocycles. The minimum absolute atomic E-state index is 0.122. The molecule has 2 aromatic carbocycles. The molecule has 0 fully saturated rings. The summed E-state index contributed by atoms with van der Waals surface area (Å²) in [4.78, 5) is 0. The highest BCUT2D eigenvalue weighted by atomic mass is 19.1. The topological polar surface area (TPSA) is 35.2 Å². The fourth-order valence-electron chi connectivity index (χ4n) is 2.19. The molecule has 0 aliphatic carbocycles. The van der Waals surface area contributed by atoms with Crippen LogP contribution in [0.25, 0.3) is 0 Å². The molecular formula is C17H20FNO. The maximum Gasteiger partial charge on any atom is 0.128 e. The first kappa shape index (κ1) is 14.5. The standard InChI is InChI=1S/C17H20FNO/c1-12(2)20-14-10-8-13(9-11-14)17(3,19)15-6-4-5-7-16(15)18/h4-12H,19H2,1-3H3. The highest BCUT2D eigenvalue weighted by molar-refractivity contribution is 5.40. The molecule has 0 bridgehead atoms. The van der Waals surface area contributed by atoms with Gasteiger partial charge < -0.3 is 10.5 Å². The third kappa shape index (κ3) is 2.99. The summed E-state index contributed by atoms with van der Waals surface area (Å²) in [5.41, 5.74) is 6.79. The molecular weight excluding hydrogens is 253 g/mol. The Hall–Kier alpha value is -1.87. The fourth-order valence-corrected chi connectivity index (χ4v) is 2.19.